The highest BCUT2D eigenvalue weighted by Gasteiger charge is 2.26. The van der Waals surface area contributed by atoms with E-state index >= 15 is 0 Å². The van der Waals surface area contributed by atoms with Gasteiger partial charge in [-0.2, -0.15) is 22.8 Å². The van der Waals surface area contributed by atoms with Gasteiger partial charge in [0.25, 0.3) is 0 Å². The molecule has 2 aromatic carbocycles. The lowest BCUT2D eigenvalue weighted by atomic mass is 9.95. The molecule has 0 saturated heterocycles. The molecule has 0 aromatic heterocycles. The Bertz CT molecular complexity index is 1010. The second kappa shape index (κ2) is 14.8. The Hall–Kier alpha value is -1.48. The van der Waals surface area contributed by atoms with Crippen LogP contribution in [0.5, 0.6) is 0 Å². The summed E-state index contributed by atoms with van der Waals surface area (Å²) in [7, 11) is -2.14. The normalized spacial score (nSPS) is 15.1. The fourth-order valence-corrected chi connectivity index (χ4v) is 4.72. The maximum atomic E-state index is 12.7. The molecule has 7 nitrogen and oxygen atoms in total. The molecule has 0 fully saturated rings. The monoisotopic (exact) mass is 527 g/mol. The molecule has 0 aliphatic heterocycles. The van der Waals surface area contributed by atoms with Gasteiger partial charge in [-0.05, 0) is 80.8 Å². The van der Waals surface area contributed by atoms with Gasteiger partial charge in [0, 0.05) is 36.6 Å². The number of hydrogen-bond acceptors (Lipinski definition) is 8. The van der Waals surface area contributed by atoms with E-state index in [1.165, 1.54) is 12.0 Å². The van der Waals surface area contributed by atoms with E-state index in [9.17, 15) is 14.3 Å². The van der Waals surface area contributed by atoms with Gasteiger partial charge in [-0.15, -0.1) is 11.8 Å². The van der Waals surface area contributed by atoms with Crippen molar-refractivity contribution in [2.75, 3.05) is 32.9 Å². The van der Waals surface area contributed by atoms with Crippen molar-refractivity contribution in [3.05, 3.63) is 53.1 Å². The Morgan fingerprint density at radius 2 is 1.79 bits per heavy atom. The smallest absolute Gasteiger partial charge is 0.325 e. The highest BCUT2D eigenvalue weighted by molar-refractivity contribution is 7.98. The van der Waals surface area contributed by atoms with E-state index < -0.39 is 13.7 Å². The summed E-state index contributed by atoms with van der Waals surface area (Å²) in [6.07, 6.45) is 3.28. The molecule has 2 rings (SSSR count). The van der Waals surface area contributed by atoms with Crippen LogP contribution < -0.4 is 0 Å². The molecule has 10 heteroatoms. The highest BCUT2D eigenvalue weighted by atomic mass is 32.2. The molecule has 0 radical (unpaired) electrons. The Kier molecular flexibility index (Phi) is 12.5. The van der Waals surface area contributed by atoms with Crippen LogP contribution in [0, 0.1) is 19.8 Å². The van der Waals surface area contributed by atoms with Crippen LogP contribution in [0.15, 0.2) is 51.5 Å². The molecule has 0 heterocycles. The maximum Gasteiger partial charge on any atom is 0.325 e. The zero-order valence-electron chi connectivity index (χ0n) is 21.8. The van der Waals surface area contributed by atoms with E-state index in [1.807, 2.05) is 20.1 Å². The van der Waals surface area contributed by atoms with Crippen LogP contribution in [0.3, 0.4) is 0 Å². The van der Waals surface area contributed by atoms with Gasteiger partial charge in [-0.25, -0.2) is 0 Å². The molecular formula is C24H35N2O5PS2. The van der Waals surface area contributed by atoms with Crippen molar-refractivity contribution >= 4 is 49.0 Å². The molecule has 1 unspecified atom stereocenters. The first-order chi connectivity index (χ1) is 16.4. The lowest BCUT2D eigenvalue weighted by Crippen LogP contribution is -2.26. The first kappa shape index (κ1) is 28.8. The quantitative estimate of drug-likeness (QED) is 0.107. The Morgan fingerprint density at radius 1 is 1.24 bits per heavy atom. The van der Waals surface area contributed by atoms with E-state index in [0.717, 1.165) is 36.0 Å². The topological polar surface area (TPSA) is 97.5 Å². The largest absolute Gasteiger partial charge is 0.384 e. The van der Waals surface area contributed by atoms with Crippen LogP contribution >= 0.6 is 31.9 Å². The summed E-state index contributed by atoms with van der Waals surface area (Å²) in [6.45, 7) is 7.06. The lowest BCUT2D eigenvalue weighted by molar-refractivity contribution is 0.0563. The molecule has 0 saturated carbocycles. The number of carbonyl (C=O) groups is 1. The van der Waals surface area contributed by atoms with Gasteiger partial charge in [-0.3, -0.25) is 9.36 Å². The molecule has 34 heavy (non-hydrogen) atoms. The number of carbonyl (C=O) groups excluding carboxylic acids is 1. The average Bonchev–Trinajstić information content (AvgIpc) is 2.77. The zero-order chi connectivity index (χ0) is 26.6. The van der Waals surface area contributed by atoms with Crippen LogP contribution in [-0.2, 0) is 13.8 Å². The number of methoxy groups -OCH3 is 1. The number of rotatable bonds is 11. The SMILES string of the molecule is COC[C@H](CC(=O)c1ccc(N=Nc2c(C)cc(SC)cc2C)cc1)[C@H](C)OP(C)(=O)O.[2H]SC. The van der Waals surface area contributed by atoms with Crippen LogP contribution in [0.2, 0.25) is 0 Å². The van der Waals surface area contributed by atoms with Crippen molar-refractivity contribution in [2.24, 2.45) is 16.1 Å². The molecule has 0 aliphatic rings. The van der Waals surface area contributed by atoms with Crippen molar-refractivity contribution in [3.63, 3.8) is 0 Å². The van der Waals surface area contributed by atoms with Crippen LogP contribution in [0.25, 0.3) is 0 Å². The van der Waals surface area contributed by atoms with Gasteiger partial charge < -0.3 is 14.2 Å². The second-order valence-electron chi connectivity index (χ2n) is 7.81. The molecule has 1 N–H and O–H groups in total. The molecule has 0 spiro atoms. The zero-order valence-corrected chi connectivity index (χ0v) is 23.3. The third-order valence-electron chi connectivity index (χ3n) is 5.01. The summed E-state index contributed by atoms with van der Waals surface area (Å²) >= 11 is 2.69. The molecule has 0 aliphatic carbocycles. The van der Waals surface area contributed by atoms with Gasteiger partial charge in [0.15, 0.2) is 5.78 Å². The number of ether oxygens (including phenoxy) is 1. The van der Waals surface area contributed by atoms with E-state index in [1.54, 1.807) is 49.2 Å². The summed E-state index contributed by atoms with van der Waals surface area (Å²) in [5, 5.41) is 8.72. The number of ketones is 1. The van der Waals surface area contributed by atoms with Crippen molar-refractivity contribution in [2.45, 2.75) is 38.2 Å². The standard InChI is InChI=1S/C23H31N2O5PS.CH4S/c1-15-11-21(32-6)12-16(2)23(15)25-24-20-9-7-18(8-10-20)22(26)13-19(14-29-4)17(3)30-31(5,27)28;1-2/h7-12,17,19H,13-14H2,1-6H3,(H,27,28);2H,1H3/t17-,19-;/m0./s1/i/hD. The number of hydrogen-bond donors (Lipinski definition) is 2. The van der Waals surface area contributed by atoms with Gasteiger partial charge >= 0.3 is 7.60 Å². The third-order valence-corrected chi connectivity index (χ3v) is 6.44. The second-order valence-corrected chi connectivity index (χ2v) is 10.5. The van der Waals surface area contributed by atoms with Gasteiger partial charge in [-0.1, -0.05) is 0 Å². The molecule has 188 valence electrons. The number of thiol groups is 1. The fraction of sp³-hybridized carbons (Fsp3) is 0.458. The number of azo groups is 1. The number of benzene rings is 2. The van der Waals surface area contributed by atoms with E-state index in [0.29, 0.717) is 11.3 Å². The number of nitrogens with zero attached hydrogens (tertiary/aromatic N) is 2. The van der Waals surface area contributed by atoms with Crippen molar-refractivity contribution in [1.29, 1.82) is 1.12 Å². The number of aryl methyl sites for hydroxylation is 2. The summed E-state index contributed by atoms with van der Waals surface area (Å²) in [6, 6.07) is 11.1. The van der Waals surface area contributed by atoms with E-state index in [4.69, 9.17) is 10.4 Å². The first-order valence-electron chi connectivity index (χ1n) is 11.0. The van der Waals surface area contributed by atoms with E-state index in [2.05, 4.69) is 22.4 Å². The lowest BCUT2D eigenvalue weighted by Gasteiger charge is -2.24. The minimum Gasteiger partial charge on any atom is -0.384 e. The van der Waals surface area contributed by atoms with Gasteiger partial charge in [0.05, 0.1) is 24.1 Å². The minimum absolute atomic E-state index is 0.103. The summed E-state index contributed by atoms with van der Waals surface area (Å²) in [4.78, 5) is 23.4. The van der Waals surface area contributed by atoms with Crippen molar-refractivity contribution in [1.82, 2.24) is 0 Å². The Labute approximate surface area is 213 Å². The van der Waals surface area contributed by atoms with Crippen LogP contribution in [-0.4, -0.2) is 50.8 Å². The van der Waals surface area contributed by atoms with Crippen molar-refractivity contribution < 1.29 is 23.5 Å². The number of thioether (sulfide) groups is 1. The Morgan fingerprint density at radius 3 is 2.26 bits per heavy atom. The average molecular weight is 528 g/mol. The highest BCUT2D eigenvalue weighted by Crippen LogP contribution is 2.40. The number of Topliss-reactive ketones (excluding diaryl/α,β-unsaturated/α-hetero) is 1. The van der Waals surface area contributed by atoms with Gasteiger partial charge in [0.1, 0.15) is 1.12 Å². The first-order valence-corrected chi connectivity index (χ1v) is 14.7. The molecule has 0 amide bonds. The Balaban J connectivity index is 0.00000194. The van der Waals surface area contributed by atoms with Gasteiger partial charge in [0.2, 0.25) is 0 Å². The predicted octanol–water partition coefficient (Wildman–Crippen LogP) is 7.04. The molecular weight excluding hydrogens is 491 g/mol. The summed E-state index contributed by atoms with van der Waals surface area (Å²) in [5.41, 5.74) is 4.13. The van der Waals surface area contributed by atoms with Crippen LogP contribution in [0.4, 0.5) is 11.4 Å². The maximum absolute atomic E-state index is 12.7. The summed E-state index contributed by atoms with van der Waals surface area (Å²) in [5.74, 6) is -0.447. The van der Waals surface area contributed by atoms with Crippen molar-refractivity contribution in [3.8, 4) is 0 Å². The van der Waals surface area contributed by atoms with E-state index in [-0.39, 0.29) is 24.7 Å². The van der Waals surface area contributed by atoms with Crippen LogP contribution in [0.1, 0.15) is 34.8 Å². The fourth-order valence-electron chi connectivity index (χ4n) is 3.34. The summed E-state index contributed by atoms with van der Waals surface area (Å²) < 4.78 is 28.0. The molecule has 3 atom stereocenters. The molecule has 0 bridgehead atoms. The predicted molar refractivity (Wildman–Crippen MR) is 144 cm³/mol. The third kappa shape index (κ3) is 10.0. The molecule has 2 aromatic rings. The minimum atomic E-state index is -3.66.